The summed E-state index contributed by atoms with van der Waals surface area (Å²) in [6.45, 7) is 5.92. The fourth-order valence-corrected chi connectivity index (χ4v) is 1.87. The molecule has 0 spiro atoms. The number of hydrogen-bond acceptors (Lipinski definition) is 2. The van der Waals surface area contributed by atoms with Gasteiger partial charge >= 0.3 is 0 Å². The van der Waals surface area contributed by atoms with Crippen molar-refractivity contribution in [2.24, 2.45) is 0 Å². The molecule has 1 aromatic carbocycles. The quantitative estimate of drug-likeness (QED) is 0.902. The number of anilines is 1. The Balaban J connectivity index is 2.91. The van der Waals surface area contributed by atoms with Gasteiger partial charge in [-0.15, -0.1) is 0 Å². The Labute approximate surface area is 118 Å². The van der Waals surface area contributed by atoms with Crippen LogP contribution in [-0.2, 0) is 9.59 Å². The molecule has 0 heterocycles. The predicted octanol–water partition coefficient (Wildman–Crippen LogP) is 2.53. The van der Waals surface area contributed by atoms with Crippen LogP contribution in [0.15, 0.2) is 18.2 Å². The molecule has 1 rings (SSSR count). The average Bonchev–Trinajstić information content (AvgIpc) is 2.36. The summed E-state index contributed by atoms with van der Waals surface area (Å²) in [7, 11) is 0. The maximum absolute atomic E-state index is 11.7. The summed E-state index contributed by atoms with van der Waals surface area (Å²) in [5, 5.41) is 3.30. The van der Waals surface area contributed by atoms with E-state index in [1.807, 2.05) is 19.9 Å². The molecule has 1 N–H and O–H groups in total. The van der Waals surface area contributed by atoms with Gasteiger partial charge in [0.25, 0.3) is 0 Å². The van der Waals surface area contributed by atoms with Gasteiger partial charge in [-0.1, -0.05) is 24.6 Å². The zero-order valence-electron chi connectivity index (χ0n) is 11.5. The Bertz CT molecular complexity index is 475. The van der Waals surface area contributed by atoms with Crippen LogP contribution in [0, 0.1) is 6.92 Å². The van der Waals surface area contributed by atoms with Crippen molar-refractivity contribution in [3.63, 3.8) is 0 Å². The number of aryl methyl sites for hydroxylation is 1. The third-order valence-corrected chi connectivity index (χ3v) is 2.95. The molecule has 0 fully saturated rings. The van der Waals surface area contributed by atoms with Gasteiger partial charge in [-0.2, -0.15) is 0 Å². The summed E-state index contributed by atoms with van der Waals surface area (Å²) in [6.07, 6.45) is 0.863. The van der Waals surface area contributed by atoms with E-state index in [4.69, 9.17) is 11.6 Å². The lowest BCUT2D eigenvalue weighted by molar-refractivity contribution is -0.123. The maximum atomic E-state index is 11.7. The van der Waals surface area contributed by atoms with Crippen molar-refractivity contribution in [2.75, 3.05) is 18.0 Å². The Morgan fingerprint density at radius 2 is 2.05 bits per heavy atom. The van der Waals surface area contributed by atoms with Crippen LogP contribution in [0.1, 0.15) is 25.8 Å². The zero-order valence-corrected chi connectivity index (χ0v) is 12.3. The van der Waals surface area contributed by atoms with Crippen LogP contribution >= 0.6 is 11.6 Å². The van der Waals surface area contributed by atoms with E-state index in [9.17, 15) is 9.59 Å². The predicted molar refractivity (Wildman–Crippen MR) is 77.5 cm³/mol. The molecule has 5 heteroatoms. The first kappa shape index (κ1) is 15.5. The Morgan fingerprint density at radius 3 is 2.63 bits per heavy atom. The monoisotopic (exact) mass is 282 g/mol. The number of carbonyl (C=O) groups is 2. The van der Waals surface area contributed by atoms with Crippen molar-refractivity contribution in [3.05, 3.63) is 28.8 Å². The molecule has 0 aliphatic heterocycles. The van der Waals surface area contributed by atoms with Gasteiger partial charge in [0, 0.05) is 24.2 Å². The van der Waals surface area contributed by atoms with Crippen LogP contribution in [0.2, 0.25) is 5.02 Å². The fourth-order valence-electron chi connectivity index (χ4n) is 1.70. The lowest BCUT2D eigenvalue weighted by Gasteiger charge is -2.22. The minimum Gasteiger partial charge on any atom is -0.355 e. The molecule has 19 heavy (non-hydrogen) atoms. The van der Waals surface area contributed by atoms with Gasteiger partial charge in [0.05, 0.1) is 0 Å². The molecule has 104 valence electrons. The molecule has 0 aromatic heterocycles. The van der Waals surface area contributed by atoms with E-state index in [1.165, 1.54) is 11.8 Å². The van der Waals surface area contributed by atoms with Gasteiger partial charge in [-0.3, -0.25) is 9.59 Å². The van der Waals surface area contributed by atoms with Gasteiger partial charge in [-0.05, 0) is 31.0 Å². The number of nitrogens with zero attached hydrogens (tertiary/aromatic N) is 1. The van der Waals surface area contributed by atoms with Crippen LogP contribution in [0.4, 0.5) is 5.69 Å². The third-order valence-electron chi connectivity index (χ3n) is 2.72. The van der Waals surface area contributed by atoms with Crippen molar-refractivity contribution in [3.8, 4) is 0 Å². The molecule has 0 aliphatic carbocycles. The highest BCUT2D eigenvalue weighted by Crippen LogP contribution is 2.24. The smallest absolute Gasteiger partial charge is 0.240 e. The summed E-state index contributed by atoms with van der Waals surface area (Å²) in [5.74, 6) is -0.353. The summed E-state index contributed by atoms with van der Waals surface area (Å²) < 4.78 is 0. The molecule has 1 aromatic rings. The molecule has 0 unspecified atom stereocenters. The SMILES string of the molecule is CCCNC(=O)CN(C(C)=O)c1cc(Cl)ccc1C. The van der Waals surface area contributed by atoms with Gasteiger partial charge in [0.1, 0.15) is 6.54 Å². The lowest BCUT2D eigenvalue weighted by Crippen LogP contribution is -2.40. The van der Waals surface area contributed by atoms with Crippen molar-refractivity contribution in [2.45, 2.75) is 27.2 Å². The molecule has 0 saturated heterocycles. The highest BCUT2D eigenvalue weighted by atomic mass is 35.5. The van der Waals surface area contributed by atoms with Crippen molar-refractivity contribution in [1.29, 1.82) is 0 Å². The van der Waals surface area contributed by atoms with Crippen molar-refractivity contribution >= 4 is 29.1 Å². The first-order valence-corrected chi connectivity index (χ1v) is 6.64. The number of carbonyl (C=O) groups excluding carboxylic acids is 2. The Kier molecular flexibility index (Phi) is 5.83. The van der Waals surface area contributed by atoms with E-state index in [0.717, 1.165) is 12.0 Å². The summed E-state index contributed by atoms with van der Waals surface area (Å²) >= 11 is 5.95. The number of rotatable bonds is 5. The molecule has 0 bridgehead atoms. The first-order valence-electron chi connectivity index (χ1n) is 6.26. The van der Waals surface area contributed by atoms with E-state index >= 15 is 0 Å². The summed E-state index contributed by atoms with van der Waals surface area (Å²) in [4.78, 5) is 24.9. The number of hydrogen-bond donors (Lipinski definition) is 1. The number of halogens is 1. The number of amides is 2. The molecule has 2 amide bonds. The minimum atomic E-state index is -0.183. The molecule has 0 atom stereocenters. The van der Waals surface area contributed by atoms with Crippen LogP contribution in [0.25, 0.3) is 0 Å². The van der Waals surface area contributed by atoms with E-state index in [1.54, 1.807) is 12.1 Å². The van der Waals surface area contributed by atoms with Crippen LogP contribution < -0.4 is 10.2 Å². The van der Waals surface area contributed by atoms with Crippen LogP contribution in [-0.4, -0.2) is 24.9 Å². The van der Waals surface area contributed by atoms with E-state index in [0.29, 0.717) is 17.3 Å². The second-order valence-electron chi connectivity index (χ2n) is 4.39. The molecular weight excluding hydrogens is 264 g/mol. The second-order valence-corrected chi connectivity index (χ2v) is 4.82. The van der Waals surface area contributed by atoms with Crippen molar-refractivity contribution in [1.82, 2.24) is 5.32 Å². The summed E-state index contributed by atoms with van der Waals surface area (Å²) in [5.41, 5.74) is 1.58. The molecular formula is C14H19ClN2O2. The van der Waals surface area contributed by atoms with E-state index in [-0.39, 0.29) is 18.4 Å². The third kappa shape index (κ3) is 4.56. The Hall–Kier alpha value is -1.55. The van der Waals surface area contributed by atoms with Gasteiger partial charge in [0.2, 0.25) is 11.8 Å². The molecule has 0 radical (unpaired) electrons. The normalized spacial score (nSPS) is 10.1. The highest BCUT2D eigenvalue weighted by molar-refractivity contribution is 6.31. The molecule has 4 nitrogen and oxygen atoms in total. The zero-order chi connectivity index (χ0) is 14.4. The van der Waals surface area contributed by atoms with Gasteiger partial charge in [-0.25, -0.2) is 0 Å². The first-order chi connectivity index (χ1) is 8.95. The summed E-state index contributed by atoms with van der Waals surface area (Å²) in [6, 6.07) is 5.29. The minimum absolute atomic E-state index is 0.0104. The fraction of sp³-hybridized carbons (Fsp3) is 0.429. The standard InChI is InChI=1S/C14H19ClN2O2/c1-4-7-16-14(19)9-17(11(3)18)13-8-12(15)6-5-10(13)2/h5-6,8H,4,7,9H2,1-3H3,(H,16,19). The average molecular weight is 283 g/mol. The van der Waals surface area contributed by atoms with Crippen LogP contribution in [0.5, 0.6) is 0 Å². The van der Waals surface area contributed by atoms with Crippen LogP contribution in [0.3, 0.4) is 0 Å². The second kappa shape index (κ2) is 7.14. The van der Waals surface area contributed by atoms with Crippen molar-refractivity contribution < 1.29 is 9.59 Å². The number of nitrogens with one attached hydrogen (secondary N) is 1. The number of benzene rings is 1. The lowest BCUT2D eigenvalue weighted by atomic mass is 10.1. The highest BCUT2D eigenvalue weighted by Gasteiger charge is 2.17. The largest absolute Gasteiger partial charge is 0.355 e. The molecule has 0 saturated carbocycles. The van der Waals surface area contributed by atoms with Gasteiger partial charge < -0.3 is 10.2 Å². The Morgan fingerprint density at radius 1 is 1.37 bits per heavy atom. The van der Waals surface area contributed by atoms with E-state index < -0.39 is 0 Å². The molecule has 0 aliphatic rings. The topological polar surface area (TPSA) is 49.4 Å². The van der Waals surface area contributed by atoms with E-state index in [2.05, 4.69) is 5.32 Å². The van der Waals surface area contributed by atoms with Gasteiger partial charge in [0.15, 0.2) is 0 Å². The maximum Gasteiger partial charge on any atom is 0.240 e.